The van der Waals surface area contributed by atoms with E-state index in [-0.39, 0.29) is 25.7 Å². The fourth-order valence-corrected chi connectivity index (χ4v) is 12.8. The molecule has 0 aliphatic heterocycles. The second kappa shape index (κ2) is 64.7. The number of hydrogen-bond donors (Lipinski definition) is 3. The van der Waals surface area contributed by atoms with E-state index in [9.17, 15) is 43.2 Å². The summed E-state index contributed by atoms with van der Waals surface area (Å²) in [6.07, 6.45) is 49.9. The summed E-state index contributed by atoms with van der Waals surface area (Å²) < 4.78 is 68.4. The molecule has 0 saturated heterocycles. The van der Waals surface area contributed by atoms with Crippen LogP contribution in [0.25, 0.3) is 0 Å². The topological polar surface area (TPSA) is 237 Å². The van der Waals surface area contributed by atoms with Crippen LogP contribution in [0.15, 0.2) is 0 Å². The van der Waals surface area contributed by atoms with E-state index in [0.29, 0.717) is 31.6 Å². The molecule has 552 valence electrons. The molecule has 0 fully saturated rings. The molecule has 0 aromatic carbocycles. The highest BCUT2D eigenvalue weighted by Crippen LogP contribution is 2.45. The minimum absolute atomic E-state index is 0.104. The predicted molar refractivity (Wildman–Crippen MR) is 377 cm³/mol. The van der Waals surface area contributed by atoms with Crippen molar-refractivity contribution in [2.45, 2.75) is 394 Å². The molecule has 17 nitrogen and oxygen atoms in total. The lowest BCUT2D eigenvalue weighted by molar-refractivity contribution is -0.161. The number of phosphoric acid groups is 2. The van der Waals surface area contributed by atoms with Gasteiger partial charge in [-0.3, -0.25) is 37.3 Å². The van der Waals surface area contributed by atoms with E-state index in [4.69, 9.17) is 37.0 Å². The smallest absolute Gasteiger partial charge is 0.462 e. The number of aliphatic hydroxyl groups excluding tert-OH is 1. The normalized spacial score (nSPS) is 14.7. The molecule has 0 radical (unpaired) electrons. The van der Waals surface area contributed by atoms with E-state index in [2.05, 4.69) is 48.5 Å². The zero-order valence-corrected chi connectivity index (χ0v) is 62.5. The molecule has 0 heterocycles. The Morgan fingerprint density at radius 1 is 0.312 bits per heavy atom. The van der Waals surface area contributed by atoms with E-state index in [0.717, 1.165) is 108 Å². The van der Waals surface area contributed by atoms with Crippen LogP contribution in [0.5, 0.6) is 0 Å². The molecule has 7 atom stereocenters. The number of carbonyl (C=O) groups excluding carboxylic acids is 4. The highest BCUT2D eigenvalue weighted by Gasteiger charge is 2.30. The predicted octanol–water partition coefficient (Wildman–Crippen LogP) is 21.4. The van der Waals surface area contributed by atoms with Gasteiger partial charge in [0.05, 0.1) is 26.4 Å². The van der Waals surface area contributed by atoms with Crippen molar-refractivity contribution in [2.24, 2.45) is 17.8 Å². The Morgan fingerprint density at radius 3 is 0.817 bits per heavy atom. The summed E-state index contributed by atoms with van der Waals surface area (Å²) >= 11 is 0. The van der Waals surface area contributed by atoms with Gasteiger partial charge in [-0.1, -0.05) is 325 Å². The van der Waals surface area contributed by atoms with E-state index in [1.54, 1.807) is 0 Å². The minimum atomic E-state index is -4.96. The lowest BCUT2D eigenvalue weighted by Crippen LogP contribution is -2.30. The highest BCUT2D eigenvalue weighted by atomic mass is 31.2. The van der Waals surface area contributed by atoms with Crippen molar-refractivity contribution in [3.63, 3.8) is 0 Å². The Kier molecular flexibility index (Phi) is 63.4. The molecule has 93 heavy (non-hydrogen) atoms. The number of hydrogen-bond acceptors (Lipinski definition) is 15. The zero-order chi connectivity index (χ0) is 68.7. The number of carbonyl (C=O) groups is 4. The fourth-order valence-electron chi connectivity index (χ4n) is 11.2. The first kappa shape index (κ1) is 91.1. The van der Waals surface area contributed by atoms with Crippen LogP contribution in [0, 0.1) is 17.8 Å². The monoisotopic (exact) mass is 1370 g/mol. The molecule has 0 bridgehead atoms. The van der Waals surface area contributed by atoms with Crippen LogP contribution in [-0.2, 0) is 65.4 Å². The van der Waals surface area contributed by atoms with E-state index in [1.807, 2.05) is 0 Å². The van der Waals surface area contributed by atoms with Crippen molar-refractivity contribution in [2.75, 3.05) is 39.6 Å². The van der Waals surface area contributed by atoms with Crippen LogP contribution < -0.4 is 0 Å². The molecule has 0 aromatic rings. The van der Waals surface area contributed by atoms with Gasteiger partial charge in [0.1, 0.15) is 19.3 Å². The van der Waals surface area contributed by atoms with Gasteiger partial charge < -0.3 is 33.8 Å². The third kappa shape index (κ3) is 65.8. The molecular formula is C74H144O17P2. The Bertz CT molecular complexity index is 1820. The van der Waals surface area contributed by atoms with Gasteiger partial charge in [-0.2, -0.15) is 0 Å². The fraction of sp³-hybridized carbons (Fsp3) is 0.946. The molecule has 0 aliphatic rings. The molecule has 0 spiro atoms. The van der Waals surface area contributed by atoms with E-state index in [1.165, 1.54) is 180 Å². The van der Waals surface area contributed by atoms with Crippen LogP contribution >= 0.6 is 15.6 Å². The second-order valence-electron chi connectivity index (χ2n) is 27.6. The van der Waals surface area contributed by atoms with Gasteiger partial charge in [-0.25, -0.2) is 9.13 Å². The Labute approximate surface area is 568 Å². The average Bonchev–Trinajstić information content (AvgIpc) is 3.12. The Hall–Kier alpha value is -1.94. The number of aliphatic hydroxyl groups is 1. The van der Waals surface area contributed by atoms with Gasteiger partial charge in [0.2, 0.25) is 0 Å². The van der Waals surface area contributed by atoms with Gasteiger partial charge in [-0.05, 0) is 43.4 Å². The van der Waals surface area contributed by atoms with Crippen molar-refractivity contribution in [3.8, 4) is 0 Å². The van der Waals surface area contributed by atoms with Crippen LogP contribution in [-0.4, -0.2) is 96.7 Å². The van der Waals surface area contributed by atoms with Crippen LogP contribution in [0.3, 0.4) is 0 Å². The summed E-state index contributed by atoms with van der Waals surface area (Å²) in [6.45, 7) is 11.9. The highest BCUT2D eigenvalue weighted by molar-refractivity contribution is 7.47. The van der Waals surface area contributed by atoms with Crippen LogP contribution in [0.1, 0.15) is 376 Å². The Balaban J connectivity index is 5.26. The van der Waals surface area contributed by atoms with Gasteiger partial charge in [-0.15, -0.1) is 0 Å². The number of esters is 4. The molecule has 0 amide bonds. The third-order valence-electron chi connectivity index (χ3n) is 17.9. The van der Waals surface area contributed by atoms with Crippen LogP contribution in [0.4, 0.5) is 0 Å². The Morgan fingerprint density at radius 2 is 0.548 bits per heavy atom. The summed E-state index contributed by atoms with van der Waals surface area (Å²) in [4.78, 5) is 72.7. The molecule has 0 saturated carbocycles. The first-order valence-corrected chi connectivity index (χ1v) is 41.4. The number of phosphoric ester groups is 2. The maximum atomic E-state index is 13.1. The first-order valence-electron chi connectivity index (χ1n) is 38.4. The molecule has 0 aliphatic carbocycles. The van der Waals surface area contributed by atoms with Crippen LogP contribution in [0.2, 0.25) is 0 Å². The number of rotatable bonds is 72. The largest absolute Gasteiger partial charge is 0.472 e. The maximum Gasteiger partial charge on any atom is 0.472 e. The van der Waals surface area contributed by atoms with Gasteiger partial charge in [0, 0.05) is 25.7 Å². The lowest BCUT2D eigenvalue weighted by Gasteiger charge is -2.21. The quantitative estimate of drug-likeness (QED) is 0.0222. The summed E-state index contributed by atoms with van der Waals surface area (Å²) in [5, 5.41) is 10.6. The zero-order valence-electron chi connectivity index (χ0n) is 60.7. The average molecular weight is 1370 g/mol. The second-order valence-corrected chi connectivity index (χ2v) is 30.6. The van der Waals surface area contributed by atoms with Gasteiger partial charge in [0.15, 0.2) is 12.2 Å². The molecular weight excluding hydrogens is 1220 g/mol. The first-order chi connectivity index (χ1) is 44.8. The van der Waals surface area contributed by atoms with Gasteiger partial charge in [0.25, 0.3) is 0 Å². The van der Waals surface area contributed by atoms with Crippen molar-refractivity contribution in [1.82, 2.24) is 0 Å². The van der Waals surface area contributed by atoms with Crippen molar-refractivity contribution in [3.05, 3.63) is 0 Å². The molecule has 19 heteroatoms. The summed E-state index contributed by atoms with van der Waals surface area (Å²) in [7, 11) is -9.91. The maximum absolute atomic E-state index is 13.1. The van der Waals surface area contributed by atoms with E-state index < -0.39 is 97.5 Å². The minimum Gasteiger partial charge on any atom is -0.462 e. The van der Waals surface area contributed by atoms with Crippen molar-refractivity contribution >= 4 is 39.5 Å². The molecule has 4 unspecified atom stereocenters. The molecule has 0 aromatic heterocycles. The third-order valence-corrected chi connectivity index (χ3v) is 19.8. The van der Waals surface area contributed by atoms with Crippen molar-refractivity contribution in [1.29, 1.82) is 0 Å². The standard InChI is InChI=1S/C74H144O17P2/c1-8-11-12-13-14-15-16-17-18-19-20-21-22-27-35-43-50-57-73(78)90-69(61-84-71(76)55-48-41-34-26-24-23-25-32-39-46-53-66(6)9-2)63-88-92(80,81)86-59-68(75)60-87-93(82,83)89-64-70(62-85-72(77)56-49-42-37-30-31-38-45-52-65(4)5)91-74(79)58-51-44-36-29-28-33-40-47-54-67(7)10-3/h65-70,75H,8-64H2,1-7H3,(H,80,81)(H,82,83)/t66?,67?,68-,69-,70-/m1/s1. The van der Waals surface area contributed by atoms with E-state index >= 15 is 0 Å². The molecule has 3 N–H and O–H groups in total. The number of ether oxygens (including phenoxy) is 4. The van der Waals surface area contributed by atoms with Gasteiger partial charge >= 0.3 is 39.5 Å². The molecule has 0 rings (SSSR count). The number of unbranched alkanes of at least 4 members (excludes halogenated alkanes) is 38. The lowest BCUT2D eigenvalue weighted by atomic mass is 9.99. The SMILES string of the molecule is CCCCCCCCCCCCCCCCCCCC(=O)O[C@H](COC(=O)CCCCCCCCCCCCC(C)CC)COP(=O)(O)OC[C@@H](O)COP(=O)(O)OC[C@@H](COC(=O)CCCCCCCCCC(C)C)OC(=O)CCCCCCCCCCC(C)CC. The van der Waals surface area contributed by atoms with Crippen molar-refractivity contribution < 1.29 is 80.2 Å². The summed E-state index contributed by atoms with van der Waals surface area (Å²) in [5.74, 6) is 0.162. The summed E-state index contributed by atoms with van der Waals surface area (Å²) in [5.41, 5.74) is 0. The summed E-state index contributed by atoms with van der Waals surface area (Å²) in [6, 6.07) is 0.